The first kappa shape index (κ1) is 29.6. The summed E-state index contributed by atoms with van der Waals surface area (Å²) in [7, 11) is 0. The molecule has 7 aromatic carbocycles. The monoisotopic (exact) mass is 664 g/mol. The van der Waals surface area contributed by atoms with E-state index in [0.717, 1.165) is 77.2 Å². The Morgan fingerprint density at radius 1 is 0.481 bits per heavy atom. The van der Waals surface area contributed by atoms with Crippen molar-refractivity contribution in [3.63, 3.8) is 0 Å². The summed E-state index contributed by atoms with van der Waals surface area (Å²) < 4.78 is 8.97. The van der Waals surface area contributed by atoms with Crippen LogP contribution in [0.2, 0.25) is 0 Å². The van der Waals surface area contributed by atoms with Crippen molar-refractivity contribution < 1.29 is 4.42 Å². The summed E-state index contributed by atoms with van der Waals surface area (Å²) in [5.74, 6) is 0.528. The maximum Gasteiger partial charge on any atom is 0.162 e. The van der Waals surface area contributed by atoms with E-state index in [9.17, 15) is 5.26 Å². The number of aromatic nitrogens is 3. The number of rotatable bonds is 5. The smallest absolute Gasteiger partial charge is 0.162 e. The molecule has 10 rings (SSSR count). The molecule has 0 saturated carbocycles. The molecular weight excluding hydrogens is 637 g/mol. The van der Waals surface area contributed by atoms with Crippen molar-refractivity contribution in [2.45, 2.75) is 0 Å². The fourth-order valence-corrected chi connectivity index (χ4v) is 7.59. The fraction of sp³-hybridized carbons (Fsp3) is 0. The molecule has 0 radical (unpaired) electrons. The maximum absolute atomic E-state index is 10.6. The van der Waals surface area contributed by atoms with Crippen molar-refractivity contribution in [3.8, 4) is 56.8 Å². The zero-order valence-corrected chi connectivity index (χ0v) is 27.9. The highest BCUT2D eigenvalue weighted by atomic mass is 16.3. The van der Waals surface area contributed by atoms with Crippen molar-refractivity contribution in [1.82, 2.24) is 14.5 Å². The summed E-state index contributed by atoms with van der Waals surface area (Å²) >= 11 is 0. The first-order valence-electron chi connectivity index (χ1n) is 17.2. The van der Waals surface area contributed by atoms with Gasteiger partial charge in [-0.1, -0.05) is 140 Å². The van der Waals surface area contributed by atoms with Gasteiger partial charge in [0.25, 0.3) is 0 Å². The van der Waals surface area contributed by atoms with Gasteiger partial charge in [0.05, 0.1) is 33.5 Å². The fourth-order valence-electron chi connectivity index (χ4n) is 7.59. The second kappa shape index (κ2) is 11.9. The zero-order chi connectivity index (χ0) is 34.6. The van der Waals surface area contributed by atoms with Crippen LogP contribution in [0.4, 0.5) is 0 Å². The number of fused-ring (bicyclic) bond motifs is 7. The van der Waals surface area contributed by atoms with Gasteiger partial charge in [-0.3, -0.25) is 0 Å². The largest absolute Gasteiger partial charge is 0.455 e. The van der Waals surface area contributed by atoms with E-state index in [-0.39, 0.29) is 0 Å². The number of hydrogen-bond donors (Lipinski definition) is 0. The third-order valence-corrected chi connectivity index (χ3v) is 9.88. The topological polar surface area (TPSA) is 67.6 Å². The summed E-state index contributed by atoms with van der Waals surface area (Å²) in [6.45, 7) is 0. The number of nitrogens with zero attached hydrogens (tertiary/aromatic N) is 4. The molecule has 0 saturated heterocycles. The number of furan rings is 1. The number of benzene rings is 7. The van der Waals surface area contributed by atoms with Crippen LogP contribution < -0.4 is 0 Å². The van der Waals surface area contributed by atoms with E-state index in [0.29, 0.717) is 22.8 Å². The van der Waals surface area contributed by atoms with E-state index in [1.165, 1.54) is 0 Å². The van der Waals surface area contributed by atoms with Gasteiger partial charge in [0, 0.05) is 38.4 Å². The molecule has 10 aromatic rings. The lowest BCUT2D eigenvalue weighted by Crippen LogP contribution is -2.05. The second-order valence-corrected chi connectivity index (χ2v) is 12.8. The van der Waals surface area contributed by atoms with Crippen molar-refractivity contribution in [2.75, 3.05) is 0 Å². The number of para-hydroxylation sites is 3. The quantitative estimate of drug-likeness (QED) is 0.184. The Bertz CT molecular complexity index is 2950. The van der Waals surface area contributed by atoms with Crippen molar-refractivity contribution in [2.24, 2.45) is 0 Å². The Labute approximate surface area is 299 Å². The lowest BCUT2D eigenvalue weighted by Gasteiger charge is -2.19. The summed E-state index contributed by atoms with van der Waals surface area (Å²) in [4.78, 5) is 10.5. The predicted octanol–water partition coefficient (Wildman–Crippen LogP) is 12.0. The SMILES string of the molecule is N#Cc1c(-c2ccccc2)nc(-c2cccc(-c3ccccc3)c2-n2c3ccccc3c3c4oc5ccccc5c4ccc32)nc1-c1ccccc1. The molecule has 52 heavy (non-hydrogen) atoms. The Hall–Kier alpha value is -7.29. The van der Waals surface area contributed by atoms with E-state index < -0.39 is 0 Å². The molecule has 3 aromatic heterocycles. The molecule has 0 N–H and O–H groups in total. The Balaban J connectivity index is 1.36. The van der Waals surface area contributed by atoms with E-state index >= 15 is 0 Å². The van der Waals surface area contributed by atoms with Gasteiger partial charge in [-0.25, -0.2) is 9.97 Å². The summed E-state index contributed by atoms with van der Waals surface area (Å²) in [6.07, 6.45) is 0. The van der Waals surface area contributed by atoms with Gasteiger partial charge in [0.2, 0.25) is 0 Å². The van der Waals surface area contributed by atoms with Crippen LogP contribution in [0, 0.1) is 11.3 Å². The predicted molar refractivity (Wildman–Crippen MR) is 210 cm³/mol. The average molecular weight is 665 g/mol. The molecule has 0 aliphatic heterocycles. The summed E-state index contributed by atoms with van der Waals surface area (Å²) in [5, 5.41) is 14.9. The van der Waals surface area contributed by atoms with Crippen LogP contribution in [-0.2, 0) is 0 Å². The third-order valence-electron chi connectivity index (χ3n) is 9.88. The molecule has 5 nitrogen and oxygen atoms in total. The maximum atomic E-state index is 10.6. The number of hydrogen-bond acceptors (Lipinski definition) is 4. The summed E-state index contributed by atoms with van der Waals surface area (Å²) in [5.41, 5.74) is 11.0. The molecule has 0 spiro atoms. The highest BCUT2D eigenvalue weighted by Gasteiger charge is 2.25. The van der Waals surface area contributed by atoms with Crippen molar-refractivity contribution in [1.29, 1.82) is 5.26 Å². The van der Waals surface area contributed by atoms with Gasteiger partial charge in [-0.2, -0.15) is 5.26 Å². The molecule has 0 amide bonds. The molecule has 3 heterocycles. The normalized spacial score (nSPS) is 11.4. The van der Waals surface area contributed by atoms with E-state index in [1.54, 1.807) is 0 Å². The number of nitriles is 1. The minimum atomic E-state index is 0.436. The molecule has 0 unspecified atom stereocenters. The van der Waals surface area contributed by atoms with Gasteiger partial charge < -0.3 is 8.98 Å². The van der Waals surface area contributed by atoms with E-state index in [1.807, 2.05) is 78.9 Å². The first-order chi connectivity index (χ1) is 25.8. The minimum absolute atomic E-state index is 0.436. The van der Waals surface area contributed by atoms with Crippen LogP contribution in [-0.4, -0.2) is 14.5 Å². The van der Waals surface area contributed by atoms with Crippen LogP contribution in [0.5, 0.6) is 0 Å². The highest BCUT2D eigenvalue weighted by Crippen LogP contribution is 2.45. The molecule has 0 fully saturated rings. The van der Waals surface area contributed by atoms with Gasteiger partial charge in [0.15, 0.2) is 5.82 Å². The Kier molecular flexibility index (Phi) is 6.80. The lowest BCUT2D eigenvalue weighted by molar-refractivity contribution is 0.673. The molecule has 0 aliphatic rings. The van der Waals surface area contributed by atoms with Gasteiger partial charge in [-0.05, 0) is 35.9 Å². The van der Waals surface area contributed by atoms with Crippen LogP contribution in [0.25, 0.3) is 94.5 Å². The van der Waals surface area contributed by atoms with E-state index in [2.05, 4.69) is 102 Å². The van der Waals surface area contributed by atoms with Crippen LogP contribution in [0.1, 0.15) is 5.56 Å². The molecule has 0 bridgehead atoms. The standard InChI is InChI=1S/C47H28N4O/c48-29-38-43(31-17-6-2-7-18-31)49-47(50-44(38)32-19-8-3-9-20-32)37-24-14-23-33(30-15-4-1-5-16-30)45(37)51-39-25-12-10-22-36(39)42-40(51)28-27-35-34-21-11-13-26-41(34)52-46(35)42/h1-28H. The first-order valence-corrected chi connectivity index (χ1v) is 17.2. The zero-order valence-electron chi connectivity index (χ0n) is 27.9. The molecule has 0 atom stereocenters. The van der Waals surface area contributed by atoms with Crippen LogP contribution in [0.3, 0.4) is 0 Å². The highest BCUT2D eigenvalue weighted by molar-refractivity contribution is 6.24. The molecule has 242 valence electrons. The van der Waals surface area contributed by atoms with Crippen molar-refractivity contribution in [3.05, 3.63) is 175 Å². The van der Waals surface area contributed by atoms with Gasteiger partial charge >= 0.3 is 0 Å². The summed E-state index contributed by atoms with van der Waals surface area (Å²) in [6, 6.07) is 60.1. The lowest BCUT2D eigenvalue weighted by atomic mass is 9.97. The third kappa shape index (κ3) is 4.56. The Morgan fingerprint density at radius 3 is 1.73 bits per heavy atom. The average Bonchev–Trinajstić information content (AvgIpc) is 3.77. The van der Waals surface area contributed by atoms with Crippen LogP contribution >= 0.6 is 0 Å². The van der Waals surface area contributed by atoms with Gasteiger partial charge in [0.1, 0.15) is 22.8 Å². The second-order valence-electron chi connectivity index (χ2n) is 12.8. The molecular formula is C47H28N4O. The Morgan fingerprint density at radius 2 is 1.06 bits per heavy atom. The minimum Gasteiger partial charge on any atom is -0.455 e. The molecule has 0 aliphatic carbocycles. The van der Waals surface area contributed by atoms with Gasteiger partial charge in [-0.15, -0.1) is 0 Å². The molecule has 5 heteroatoms. The van der Waals surface area contributed by atoms with Crippen molar-refractivity contribution >= 4 is 43.7 Å². The van der Waals surface area contributed by atoms with E-state index in [4.69, 9.17) is 14.4 Å². The van der Waals surface area contributed by atoms with Crippen LogP contribution in [0.15, 0.2) is 174 Å².